The first-order chi connectivity index (χ1) is 7.52. The predicted molar refractivity (Wildman–Crippen MR) is 67.5 cm³/mol. The van der Waals surface area contributed by atoms with Gasteiger partial charge in [0.05, 0.1) is 19.0 Å². The van der Waals surface area contributed by atoms with E-state index < -0.39 is 10.0 Å². The first-order valence-electron chi connectivity index (χ1n) is 5.20. The molecule has 0 bridgehead atoms. The molecule has 1 N–H and O–H groups in total. The van der Waals surface area contributed by atoms with Gasteiger partial charge in [-0.25, -0.2) is 13.1 Å². The van der Waals surface area contributed by atoms with Gasteiger partial charge >= 0.3 is 0 Å². The fraction of sp³-hybridized carbons (Fsp3) is 1.00. The summed E-state index contributed by atoms with van der Waals surface area (Å²) < 4.78 is 35.2. The molecule has 98 valence electrons. The molecule has 0 aliphatic rings. The summed E-state index contributed by atoms with van der Waals surface area (Å²) in [5.41, 5.74) is 0. The van der Waals surface area contributed by atoms with Gasteiger partial charge in [-0.2, -0.15) is 0 Å². The van der Waals surface area contributed by atoms with Gasteiger partial charge in [-0.3, -0.25) is 0 Å². The Morgan fingerprint density at radius 2 is 2.12 bits per heavy atom. The van der Waals surface area contributed by atoms with Crippen LogP contribution in [0.4, 0.5) is 0 Å². The van der Waals surface area contributed by atoms with E-state index in [4.69, 9.17) is 9.47 Å². The zero-order chi connectivity index (χ0) is 12.4. The molecular weight excluding hydrogens is 298 g/mol. The lowest BCUT2D eigenvalue weighted by molar-refractivity contribution is 0.163. The van der Waals surface area contributed by atoms with Gasteiger partial charge in [-0.15, -0.1) is 0 Å². The van der Waals surface area contributed by atoms with Crippen LogP contribution in [0, 0.1) is 0 Å². The van der Waals surface area contributed by atoms with E-state index in [0.717, 1.165) is 0 Å². The molecule has 0 aromatic heterocycles. The van der Waals surface area contributed by atoms with Gasteiger partial charge < -0.3 is 9.47 Å². The largest absolute Gasteiger partial charge is 0.384 e. The van der Waals surface area contributed by atoms with Crippen molar-refractivity contribution in [2.75, 3.05) is 39.2 Å². The molecule has 0 aromatic rings. The van der Waals surface area contributed by atoms with Gasteiger partial charge in [0.2, 0.25) is 10.0 Å². The van der Waals surface area contributed by atoms with E-state index in [2.05, 4.69) is 20.7 Å². The first-order valence-corrected chi connectivity index (χ1v) is 7.76. The molecule has 0 heterocycles. The maximum atomic E-state index is 11.4. The maximum Gasteiger partial charge on any atom is 0.213 e. The van der Waals surface area contributed by atoms with Gasteiger partial charge in [0, 0.05) is 25.1 Å². The second-order valence-corrected chi connectivity index (χ2v) is 6.47. The van der Waals surface area contributed by atoms with Gasteiger partial charge in [-0.05, 0) is 13.3 Å². The van der Waals surface area contributed by atoms with E-state index in [0.29, 0.717) is 26.2 Å². The zero-order valence-corrected chi connectivity index (χ0v) is 12.1. The smallest absolute Gasteiger partial charge is 0.213 e. The summed E-state index contributed by atoms with van der Waals surface area (Å²) in [6, 6.07) is 0. The Balaban J connectivity index is 3.65. The van der Waals surface area contributed by atoms with Gasteiger partial charge in [-0.1, -0.05) is 15.9 Å². The standard InChI is InChI=1S/C9H20BrNO4S/c1-3-15-6-7-16(12,13)11-5-4-9(10)8-14-2/h9,11H,3-8H2,1-2H3. The van der Waals surface area contributed by atoms with Crippen molar-refractivity contribution in [3.05, 3.63) is 0 Å². The van der Waals surface area contributed by atoms with Crippen molar-refractivity contribution >= 4 is 26.0 Å². The molecule has 0 spiro atoms. The van der Waals surface area contributed by atoms with Crippen molar-refractivity contribution in [3.63, 3.8) is 0 Å². The highest BCUT2D eigenvalue weighted by Crippen LogP contribution is 2.04. The minimum Gasteiger partial charge on any atom is -0.384 e. The summed E-state index contributed by atoms with van der Waals surface area (Å²) in [5, 5.41) is 0. The lowest BCUT2D eigenvalue weighted by atomic mass is 10.3. The Kier molecular flexibility index (Phi) is 9.53. The molecule has 1 atom stereocenters. The van der Waals surface area contributed by atoms with Gasteiger partial charge in [0.25, 0.3) is 0 Å². The second kappa shape index (κ2) is 9.35. The number of rotatable bonds is 10. The van der Waals surface area contributed by atoms with Crippen molar-refractivity contribution in [1.29, 1.82) is 0 Å². The Hall–Kier alpha value is 0.310. The number of alkyl halides is 1. The lowest BCUT2D eigenvalue weighted by Crippen LogP contribution is -2.30. The number of hydrogen-bond acceptors (Lipinski definition) is 4. The Morgan fingerprint density at radius 1 is 1.44 bits per heavy atom. The highest BCUT2D eigenvalue weighted by molar-refractivity contribution is 9.09. The van der Waals surface area contributed by atoms with E-state index in [1.54, 1.807) is 7.11 Å². The SMILES string of the molecule is CCOCCS(=O)(=O)NCCC(Br)COC. The van der Waals surface area contributed by atoms with E-state index in [9.17, 15) is 8.42 Å². The average molecular weight is 318 g/mol. The van der Waals surface area contributed by atoms with E-state index >= 15 is 0 Å². The molecule has 0 aliphatic heterocycles. The van der Waals surface area contributed by atoms with Crippen molar-refractivity contribution in [2.24, 2.45) is 0 Å². The van der Waals surface area contributed by atoms with Crippen molar-refractivity contribution in [2.45, 2.75) is 18.2 Å². The predicted octanol–water partition coefficient (Wildman–Crippen LogP) is 0.742. The number of methoxy groups -OCH3 is 1. The molecule has 7 heteroatoms. The quantitative estimate of drug-likeness (QED) is 0.477. The van der Waals surface area contributed by atoms with Crippen LogP contribution in [-0.4, -0.2) is 52.5 Å². The first kappa shape index (κ1) is 16.3. The highest BCUT2D eigenvalue weighted by Gasteiger charge is 2.10. The topological polar surface area (TPSA) is 64.6 Å². The molecule has 0 fully saturated rings. The van der Waals surface area contributed by atoms with Crippen LogP contribution < -0.4 is 4.72 Å². The van der Waals surface area contributed by atoms with Crippen molar-refractivity contribution < 1.29 is 17.9 Å². The Bertz CT molecular complexity index is 258. The molecule has 0 saturated heterocycles. The molecular formula is C9H20BrNO4S. The number of nitrogens with one attached hydrogen (secondary N) is 1. The second-order valence-electron chi connectivity index (χ2n) is 3.25. The number of sulfonamides is 1. The van der Waals surface area contributed by atoms with Crippen LogP contribution in [0.25, 0.3) is 0 Å². The molecule has 0 amide bonds. The fourth-order valence-electron chi connectivity index (χ4n) is 1.02. The number of halogens is 1. The number of hydrogen-bond donors (Lipinski definition) is 1. The van der Waals surface area contributed by atoms with Crippen LogP contribution in [0.3, 0.4) is 0 Å². The Morgan fingerprint density at radius 3 is 2.69 bits per heavy atom. The van der Waals surface area contributed by atoms with Gasteiger partial charge in [0.15, 0.2) is 0 Å². The van der Waals surface area contributed by atoms with Crippen LogP contribution in [0.1, 0.15) is 13.3 Å². The molecule has 0 aliphatic carbocycles. The monoisotopic (exact) mass is 317 g/mol. The molecule has 5 nitrogen and oxygen atoms in total. The average Bonchev–Trinajstić information content (AvgIpc) is 2.18. The lowest BCUT2D eigenvalue weighted by Gasteiger charge is -2.10. The summed E-state index contributed by atoms with van der Waals surface area (Å²) in [5.74, 6) is 0.0120. The molecule has 0 radical (unpaired) electrons. The van der Waals surface area contributed by atoms with Crippen molar-refractivity contribution in [3.8, 4) is 0 Å². The zero-order valence-electron chi connectivity index (χ0n) is 9.74. The van der Waals surface area contributed by atoms with Crippen LogP contribution in [-0.2, 0) is 19.5 Å². The molecule has 0 saturated carbocycles. The third kappa shape index (κ3) is 9.53. The normalized spacial score (nSPS) is 13.9. The summed E-state index contributed by atoms with van der Waals surface area (Å²) in [6.45, 7) is 3.59. The van der Waals surface area contributed by atoms with E-state index in [1.807, 2.05) is 6.92 Å². The minimum atomic E-state index is -3.20. The summed E-state index contributed by atoms with van der Waals surface area (Å²) in [7, 11) is -1.59. The third-order valence-electron chi connectivity index (χ3n) is 1.83. The summed E-state index contributed by atoms with van der Waals surface area (Å²) in [4.78, 5) is 0.173. The van der Waals surface area contributed by atoms with Crippen LogP contribution in [0.2, 0.25) is 0 Å². The van der Waals surface area contributed by atoms with Crippen LogP contribution in [0.15, 0.2) is 0 Å². The van der Waals surface area contributed by atoms with Crippen LogP contribution in [0.5, 0.6) is 0 Å². The third-order valence-corrected chi connectivity index (χ3v) is 3.90. The van der Waals surface area contributed by atoms with Gasteiger partial charge in [0.1, 0.15) is 0 Å². The summed E-state index contributed by atoms with van der Waals surface area (Å²) in [6.07, 6.45) is 0.696. The number of ether oxygens (including phenoxy) is 2. The molecule has 0 aromatic carbocycles. The fourth-order valence-corrected chi connectivity index (χ4v) is 2.42. The minimum absolute atomic E-state index is 0.0120. The Labute approximate surface area is 106 Å². The molecule has 16 heavy (non-hydrogen) atoms. The van der Waals surface area contributed by atoms with Crippen LogP contribution >= 0.6 is 15.9 Å². The highest BCUT2D eigenvalue weighted by atomic mass is 79.9. The van der Waals surface area contributed by atoms with Crippen molar-refractivity contribution in [1.82, 2.24) is 4.72 Å². The van der Waals surface area contributed by atoms with E-state index in [-0.39, 0.29) is 17.2 Å². The molecule has 0 rings (SSSR count). The molecule has 1 unspecified atom stereocenters. The maximum absolute atomic E-state index is 11.4. The van der Waals surface area contributed by atoms with E-state index in [1.165, 1.54) is 0 Å². The summed E-state index contributed by atoms with van der Waals surface area (Å²) >= 11 is 3.39.